The lowest BCUT2D eigenvalue weighted by Gasteiger charge is -2.13. The zero-order valence-corrected chi connectivity index (χ0v) is 7.47. The Kier molecular flexibility index (Phi) is 2.72. The minimum absolute atomic E-state index is 0.0712. The molecule has 0 aromatic rings. The van der Waals surface area contributed by atoms with E-state index in [4.69, 9.17) is 10.2 Å². The Morgan fingerprint density at radius 2 is 1.80 bits per heavy atom. The molecule has 3 heteroatoms. The van der Waals surface area contributed by atoms with E-state index in [2.05, 4.69) is 15.9 Å². The summed E-state index contributed by atoms with van der Waals surface area (Å²) in [6, 6.07) is 0. The van der Waals surface area contributed by atoms with Crippen LogP contribution in [0.4, 0.5) is 0 Å². The number of hydrogen-bond acceptors (Lipinski definition) is 2. The second-order valence-electron chi connectivity index (χ2n) is 3.09. The third-order valence-corrected chi connectivity index (χ3v) is 3.08. The van der Waals surface area contributed by atoms with Crippen molar-refractivity contribution in [1.82, 2.24) is 0 Å². The molecule has 0 saturated heterocycles. The molecule has 1 rings (SSSR count). The van der Waals surface area contributed by atoms with Gasteiger partial charge < -0.3 is 10.2 Å². The molecule has 1 fully saturated rings. The molecule has 0 amide bonds. The highest BCUT2D eigenvalue weighted by Gasteiger charge is 2.41. The SMILES string of the molecule is OCC(CO)CC1(Br)CC1. The highest BCUT2D eigenvalue weighted by Crippen LogP contribution is 2.49. The molecule has 0 heterocycles. The zero-order valence-electron chi connectivity index (χ0n) is 5.89. The smallest absolute Gasteiger partial charge is 0.0481 e. The third kappa shape index (κ3) is 2.22. The fourth-order valence-corrected chi connectivity index (χ4v) is 1.70. The van der Waals surface area contributed by atoms with Gasteiger partial charge in [-0.2, -0.15) is 0 Å². The van der Waals surface area contributed by atoms with Gasteiger partial charge >= 0.3 is 0 Å². The number of rotatable bonds is 4. The highest BCUT2D eigenvalue weighted by atomic mass is 79.9. The van der Waals surface area contributed by atoms with Gasteiger partial charge in [0.25, 0.3) is 0 Å². The minimum Gasteiger partial charge on any atom is -0.396 e. The van der Waals surface area contributed by atoms with E-state index in [0.29, 0.717) is 0 Å². The predicted octanol–water partition coefficient (Wildman–Crippen LogP) is 0.905. The minimum atomic E-state index is 0.0712. The Bertz CT molecular complexity index is 108. The van der Waals surface area contributed by atoms with Crippen LogP contribution in [0.15, 0.2) is 0 Å². The van der Waals surface area contributed by atoms with Gasteiger partial charge in [-0.05, 0) is 19.3 Å². The molecule has 0 atom stereocenters. The van der Waals surface area contributed by atoms with Crippen LogP contribution in [0.25, 0.3) is 0 Å². The van der Waals surface area contributed by atoms with E-state index in [-0.39, 0.29) is 23.5 Å². The van der Waals surface area contributed by atoms with Crippen molar-refractivity contribution in [2.45, 2.75) is 23.6 Å². The highest BCUT2D eigenvalue weighted by molar-refractivity contribution is 9.10. The molecule has 0 spiro atoms. The maximum Gasteiger partial charge on any atom is 0.0481 e. The van der Waals surface area contributed by atoms with Crippen LogP contribution in [0.5, 0.6) is 0 Å². The Labute approximate surface area is 69.4 Å². The summed E-state index contributed by atoms with van der Waals surface area (Å²) in [5.41, 5.74) is 0. The van der Waals surface area contributed by atoms with Gasteiger partial charge in [-0.1, -0.05) is 15.9 Å². The van der Waals surface area contributed by atoms with Gasteiger partial charge in [0.15, 0.2) is 0 Å². The number of halogens is 1. The molecule has 1 saturated carbocycles. The summed E-state index contributed by atoms with van der Waals surface area (Å²) in [5.74, 6) is 0.0712. The lowest BCUT2D eigenvalue weighted by Crippen LogP contribution is -2.16. The van der Waals surface area contributed by atoms with Crippen molar-refractivity contribution in [3.05, 3.63) is 0 Å². The normalized spacial score (nSPS) is 21.6. The molecule has 0 unspecified atom stereocenters. The van der Waals surface area contributed by atoms with Crippen molar-refractivity contribution in [1.29, 1.82) is 0 Å². The first-order valence-corrected chi connectivity index (χ1v) is 4.40. The van der Waals surface area contributed by atoms with Crippen LogP contribution in [0.2, 0.25) is 0 Å². The summed E-state index contributed by atoms with van der Waals surface area (Å²) in [4.78, 5) is 0. The fourth-order valence-electron chi connectivity index (χ4n) is 1.04. The number of aliphatic hydroxyl groups excluding tert-OH is 2. The lowest BCUT2D eigenvalue weighted by atomic mass is 10.0. The molecule has 1 aliphatic rings. The second kappa shape index (κ2) is 3.20. The maximum atomic E-state index is 8.74. The fraction of sp³-hybridized carbons (Fsp3) is 1.00. The number of hydrogen-bond donors (Lipinski definition) is 2. The topological polar surface area (TPSA) is 40.5 Å². The molecule has 2 nitrogen and oxygen atoms in total. The molecule has 0 aliphatic heterocycles. The molecule has 0 aromatic heterocycles. The van der Waals surface area contributed by atoms with Crippen LogP contribution in [0.1, 0.15) is 19.3 Å². The van der Waals surface area contributed by atoms with Crippen LogP contribution in [-0.4, -0.2) is 27.8 Å². The van der Waals surface area contributed by atoms with E-state index >= 15 is 0 Å². The summed E-state index contributed by atoms with van der Waals surface area (Å²) in [7, 11) is 0. The molecular weight excluding hydrogens is 196 g/mol. The van der Waals surface area contributed by atoms with E-state index in [1.165, 1.54) is 12.8 Å². The first kappa shape index (κ1) is 8.50. The van der Waals surface area contributed by atoms with Crippen molar-refractivity contribution < 1.29 is 10.2 Å². The van der Waals surface area contributed by atoms with Crippen LogP contribution < -0.4 is 0 Å². The average molecular weight is 209 g/mol. The first-order valence-electron chi connectivity index (χ1n) is 3.61. The van der Waals surface area contributed by atoms with E-state index in [1.807, 2.05) is 0 Å². The lowest BCUT2D eigenvalue weighted by molar-refractivity contribution is 0.142. The van der Waals surface area contributed by atoms with E-state index in [1.54, 1.807) is 0 Å². The van der Waals surface area contributed by atoms with Crippen LogP contribution in [0.3, 0.4) is 0 Å². The van der Waals surface area contributed by atoms with E-state index in [0.717, 1.165) is 6.42 Å². The monoisotopic (exact) mass is 208 g/mol. The molecule has 0 bridgehead atoms. The number of alkyl halides is 1. The van der Waals surface area contributed by atoms with Gasteiger partial charge in [0, 0.05) is 23.5 Å². The third-order valence-electron chi connectivity index (χ3n) is 1.96. The largest absolute Gasteiger partial charge is 0.396 e. The molecule has 0 radical (unpaired) electrons. The van der Waals surface area contributed by atoms with Crippen molar-refractivity contribution in [2.75, 3.05) is 13.2 Å². The van der Waals surface area contributed by atoms with Gasteiger partial charge in [-0.25, -0.2) is 0 Å². The van der Waals surface area contributed by atoms with Crippen LogP contribution in [-0.2, 0) is 0 Å². The molecule has 2 N–H and O–H groups in total. The van der Waals surface area contributed by atoms with Gasteiger partial charge in [0.05, 0.1) is 0 Å². The van der Waals surface area contributed by atoms with E-state index < -0.39 is 0 Å². The Balaban J connectivity index is 2.21. The molecule has 10 heavy (non-hydrogen) atoms. The Morgan fingerprint density at radius 1 is 1.30 bits per heavy atom. The van der Waals surface area contributed by atoms with Gasteiger partial charge in [-0.15, -0.1) is 0 Å². The predicted molar refractivity (Wildman–Crippen MR) is 43.2 cm³/mol. The van der Waals surface area contributed by atoms with Crippen molar-refractivity contribution in [3.8, 4) is 0 Å². The summed E-state index contributed by atoms with van der Waals surface area (Å²) < 4.78 is 0.267. The molecule has 0 aromatic carbocycles. The van der Waals surface area contributed by atoms with Crippen LogP contribution in [0, 0.1) is 5.92 Å². The molecular formula is C7H13BrO2. The summed E-state index contributed by atoms with van der Waals surface area (Å²) in [6.45, 7) is 0.202. The standard InChI is InChI=1S/C7H13BrO2/c8-7(1-2-7)3-6(4-9)5-10/h6,9-10H,1-5H2. The molecule has 1 aliphatic carbocycles. The van der Waals surface area contributed by atoms with Crippen molar-refractivity contribution in [2.24, 2.45) is 5.92 Å². The van der Waals surface area contributed by atoms with Crippen molar-refractivity contribution in [3.63, 3.8) is 0 Å². The van der Waals surface area contributed by atoms with Gasteiger partial charge in [0.1, 0.15) is 0 Å². The zero-order chi connectivity index (χ0) is 7.61. The summed E-state index contributed by atoms with van der Waals surface area (Å²) in [5, 5.41) is 17.5. The first-order chi connectivity index (χ1) is 4.70. The number of aliphatic hydroxyl groups is 2. The van der Waals surface area contributed by atoms with Gasteiger partial charge in [-0.3, -0.25) is 0 Å². The molecule has 60 valence electrons. The maximum absolute atomic E-state index is 8.74. The quantitative estimate of drug-likeness (QED) is 0.675. The second-order valence-corrected chi connectivity index (χ2v) is 4.77. The van der Waals surface area contributed by atoms with Crippen LogP contribution >= 0.6 is 15.9 Å². The Morgan fingerprint density at radius 3 is 2.10 bits per heavy atom. The Hall–Kier alpha value is 0.400. The summed E-state index contributed by atoms with van der Waals surface area (Å²) in [6.07, 6.45) is 3.27. The van der Waals surface area contributed by atoms with Gasteiger partial charge in [0.2, 0.25) is 0 Å². The summed E-state index contributed by atoms with van der Waals surface area (Å²) >= 11 is 3.55. The average Bonchev–Trinajstić information content (AvgIpc) is 2.64. The van der Waals surface area contributed by atoms with E-state index in [9.17, 15) is 0 Å². The van der Waals surface area contributed by atoms with Crippen molar-refractivity contribution >= 4 is 15.9 Å².